The van der Waals surface area contributed by atoms with Gasteiger partial charge in [0, 0.05) is 67.8 Å². The van der Waals surface area contributed by atoms with Gasteiger partial charge in [-0.25, -0.2) is 9.98 Å². The summed E-state index contributed by atoms with van der Waals surface area (Å²) in [6, 6.07) is 57.8. The molecule has 0 fully saturated rings. The maximum absolute atomic E-state index is 5.66. The second-order valence-electron chi connectivity index (χ2n) is 13.5. The minimum Gasteiger partial charge on any atom is -0.288 e. The summed E-state index contributed by atoms with van der Waals surface area (Å²) >= 11 is 2.87. The highest BCUT2D eigenvalue weighted by molar-refractivity contribution is 14.2. The monoisotopic (exact) mass is 823 g/mol. The van der Waals surface area contributed by atoms with Gasteiger partial charge in [0.1, 0.15) is 3.63 Å². The first kappa shape index (κ1) is 30.0. The molecule has 4 heterocycles. The highest BCUT2D eigenvalue weighted by Crippen LogP contribution is 2.52. The van der Waals surface area contributed by atoms with Crippen molar-refractivity contribution in [1.82, 2.24) is 0 Å². The third-order valence-electron chi connectivity index (χ3n) is 10.6. The summed E-state index contributed by atoms with van der Waals surface area (Å²) in [5.74, 6) is 0.780. The molecule has 2 aromatic heterocycles. The average molecular weight is 824 g/mol. The van der Waals surface area contributed by atoms with Crippen LogP contribution in [0.5, 0.6) is 0 Å². The topological polar surface area (TPSA) is 28.0 Å². The molecule has 6 heteroatoms. The van der Waals surface area contributed by atoms with Crippen LogP contribution >= 0.6 is 43.4 Å². The zero-order chi connectivity index (χ0) is 34.6. The Labute approximate surface area is 322 Å². The molecule has 0 aliphatic carbocycles. The molecule has 53 heavy (non-hydrogen) atoms. The maximum atomic E-state index is 5.66. The summed E-state index contributed by atoms with van der Waals surface area (Å²) in [6.45, 7) is 0. The first-order valence-electron chi connectivity index (χ1n) is 17.6. The van der Waals surface area contributed by atoms with Crippen molar-refractivity contribution in [2.75, 3.05) is 4.90 Å². The fraction of sp³-hybridized carbons (Fsp3) is 0. The molecule has 0 bridgehead atoms. The van der Waals surface area contributed by atoms with Gasteiger partial charge in [0.15, 0.2) is 9.68 Å². The Balaban J connectivity index is 1.16. The zero-order valence-corrected chi connectivity index (χ0v) is 31.8. The largest absolute Gasteiger partial charge is 0.288 e. The van der Waals surface area contributed by atoms with Gasteiger partial charge in [-0.1, -0.05) is 127 Å². The molecular weight excluding hydrogens is 798 g/mol. The molecule has 0 radical (unpaired) electrons. The number of benzene rings is 8. The van der Waals surface area contributed by atoms with E-state index in [0.29, 0.717) is 0 Å². The summed E-state index contributed by atoms with van der Waals surface area (Å²) < 4.78 is 7.33. The van der Waals surface area contributed by atoms with E-state index in [9.17, 15) is 0 Å². The molecule has 2 aliphatic heterocycles. The molecule has 10 aromatic rings. The number of amidine groups is 2. The van der Waals surface area contributed by atoms with Crippen LogP contribution in [0.25, 0.3) is 73.0 Å². The van der Waals surface area contributed by atoms with Crippen LogP contribution < -0.4 is 4.90 Å². The molecule has 12 rings (SSSR count). The van der Waals surface area contributed by atoms with Crippen molar-refractivity contribution in [3.8, 4) is 11.1 Å². The quantitative estimate of drug-likeness (QED) is 0.126. The second-order valence-corrected chi connectivity index (χ2v) is 18.2. The van der Waals surface area contributed by atoms with Crippen LogP contribution in [0, 0.1) is 0 Å². The van der Waals surface area contributed by atoms with Gasteiger partial charge in [-0.3, -0.25) is 4.90 Å². The van der Waals surface area contributed by atoms with Gasteiger partial charge >= 0.3 is 0 Å². The molecule has 0 N–H and O–H groups in total. The van der Waals surface area contributed by atoms with E-state index in [1.165, 1.54) is 90.0 Å². The van der Waals surface area contributed by atoms with E-state index >= 15 is 0 Å². The van der Waals surface area contributed by atoms with E-state index < -0.39 is 20.7 Å². The molecule has 0 saturated heterocycles. The van der Waals surface area contributed by atoms with E-state index in [2.05, 4.69) is 163 Å². The zero-order valence-electron chi connectivity index (χ0n) is 28.0. The minimum absolute atomic E-state index is 0.780. The summed E-state index contributed by atoms with van der Waals surface area (Å²) in [5.41, 5.74) is 7.16. The number of halogens is 1. The number of thiophene rings is 2. The molecular formula is C47H26IN3S2. The lowest BCUT2D eigenvalue weighted by atomic mass is 9.89. The van der Waals surface area contributed by atoms with E-state index in [0.717, 1.165) is 18.9 Å². The Bertz CT molecular complexity index is 3310. The van der Waals surface area contributed by atoms with E-state index in [-0.39, 0.29) is 0 Å². The van der Waals surface area contributed by atoms with Crippen LogP contribution in [0.1, 0.15) is 11.1 Å². The fourth-order valence-electron chi connectivity index (χ4n) is 8.19. The maximum Gasteiger partial charge on any atom is 0.174 e. The van der Waals surface area contributed by atoms with Gasteiger partial charge in [-0.05, 0) is 67.4 Å². The van der Waals surface area contributed by atoms with Crippen molar-refractivity contribution in [3.63, 3.8) is 0 Å². The van der Waals surface area contributed by atoms with Crippen molar-refractivity contribution >= 4 is 130 Å². The normalized spacial score (nSPS) is 14.1. The van der Waals surface area contributed by atoms with Crippen molar-refractivity contribution in [3.05, 3.63) is 169 Å². The number of nitrogens with zero attached hydrogens (tertiary/aromatic N) is 3. The molecule has 0 spiro atoms. The van der Waals surface area contributed by atoms with Gasteiger partial charge in [0.25, 0.3) is 0 Å². The standard InChI is InChI=1S/C47H26IN3S2/c1-2-13-30-27(10-1)22-25-35-34-16-7-11-28-12-8-19-38(42(28)34)51(43(30)35)47-48-45(29-23-24-33-31-14-3-5-20-39(31)52-41(33)26-29)49-46(50-47)37-18-9-17-36-32-15-4-6-21-40(32)53-44(36)37/h1-26H. The number of fused-ring (bicyclic) bond motifs is 10. The van der Waals surface area contributed by atoms with Crippen LogP contribution in [0.15, 0.2) is 168 Å². The number of hydrogen-bond acceptors (Lipinski definition) is 5. The van der Waals surface area contributed by atoms with E-state index in [4.69, 9.17) is 9.98 Å². The van der Waals surface area contributed by atoms with Gasteiger partial charge in [-0.2, -0.15) is 0 Å². The predicted molar refractivity (Wildman–Crippen MR) is 240 cm³/mol. The predicted octanol–water partition coefficient (Wildman–Crippen LogP) is 13.8. The SMILES string of the molecule is c1ccc2c3c(ccc2c1)-c1cccc2cccc(c12)N3C1=NC(c2cccc3c2sc2ccccc23)=NC(c2ccc3c(c2)sc2ccccc23)=I1. The van der Waals surface area contributed by atoms with Gasteiger partial charge in [0.2, 0.25) is 0 Å². The minimum atomic E-state index is -0.829. The van der Waals surface area contributed by atoms with E-state index in [1.807, 2.05) is 22.7 Å². The molecule has 248 valence electrons. The Morgan fingerprint density at radius 3 is 2.04 bits per heavy atom. The Morgan fingerprint density at radius 1 is 0.472 bits per heavy atom. The molecule has 0 atom stereocenters. The summed E-state index contributed by atoms with van der Waals surface area (Å²) in [4.78, 5) is 13.7. The Hall–Kier alpha value is -5.54. The van der Waals surface area contributed by atoms with Crippen molar-refractivity contribution in [2.45, 2.75) is 0 Å². The number of hydrogen-bond donors (Lipinski definition) is 0. The summed E-state index contributed by atoms with van der Waals surface area (Å²) in [6.07, 6.45) is 0. The number of rotatable bonds is 2. The second kappa shape index (κ2) is 11.5. The molecule has 0 amide bonds. The van der Waals surface area contributed by atoms with Crippen LogP contribution in [-0.2, 0) is 0 Å². The molecule has 0 unspecified atom stereocenters. The number of anilines is 2. The summed E-state index contributed by atoms with van der Waals surface area (Å²) in [7, 11) is 0. The van der Waals surface area contributed by atoms with Crippen molar-refractivity contribution in [2.24, 2.45) is 9.98 Å². The van der Waals surface area contributed by atoms with Crippen LogP contribution in [0.4, 0.5) is 11.4 Å². The highest BCUT2D eigenvalue weighted by atomic mass is 127. The lowest BCUT2D eigenvalue weighted by molar-refractivity contribution is 1.37. The average Bonchev–Trinajstić information content (AvgIpc) is 3.79. The Morgan fingerprint density at radius 2 is 1.15 bits per heavy atom. The van der Waals surface area contributed by atoms with Crippen molar-refractivity contribution < 1.29 is 0 Å². The van der Waals surface area contributed by atoms with Crippen molar-refractivity contribution in [1.29, 1.82) is 0 Å². The van der Waals surface area contributed by atoms with Crippen LogP contribution in [-0.4, -0.2) is 13.3 Å². The lowest BCUT2D eigenvalue weighted by Crippen LogP contribution is -2.28. The molecule has 3 nitrogen and oxygen atoms in total. The Kier molecular flexibility index (Phi) is 6.49. The highest BCUT2D eigenvalue weighted by Gasteiger charge is 2.31. The first-order chi connectivity index (χ1) is 26.3. The first-order valence-corrected chi connectivity index (χ1v) is 21.4. The van der Waals surface area contributed by atoms with Crippen LogP contribution in [0.2, 0.25) is 0 Å². The third-order valence-corrected chi connectivity index (χ3v) is 15.5. The fourth-order valence-corrected chi connectivity index (χ4v) is 13.1. The summed E-state index contributed by atoms with van der Waals surface area (Å²) in [5, 5.41) is 10.1. The number of aliphatic imine (C=N–C) groups is 2. The van der Waals surface area contributed by atoms with Gasteiger partial charge in [-0.15, -0.1) is 22.7 Å². The lowest BCUT2D eigenvalue weighted by Gasteiger charge is -2.34. The smallest absolute Gasteiger partial charge is 0.174 e. The third kappa shape index (κ3) is 4.46. The van der Waals surface area contributed by atoms with Crippen LogP contribution in [0.3, 0.4) is 0 Å². The molecule has 8 aromatic carbocycles. The molecule has 0 saturated carbocycles. The van der Waals surface area contributed by atoms with Gasteiger partial charge < -0.3 is 0 Å². The molecule has 2 aliphatic rings. The van der Waals surface area contributed by atoms with E-state index in [1.54, 1.807) is 0 Å². The van der Waals surface area contributed by atoms with Gasteiger partial charge in [0.05, 0.1) is 11.4 Å².